The summed E-state index contributed by atoms with van der Waals surface area (Å²) in [7, 11) is 0. The van der Waals surface area contributed by atoms with Crippen LogP contribution in [0.2, 0.25) is 0 Å². The Bertz CT molecular complexity index is 1040. The van der Waals surface area contributed by atoms with Crippen LogP contribution in [0.1, 0.15) is 26.3 Å². The lowest BCUT2D eigenvalue weighted by atomic mass is 10.0. The van der Waals surface area contributed by atoms with Gasteiger partial charge in [0.15, 0.2) is 0 Å². The molecule has 1 aliphatic heterocycles. The Hall–Kier alpha value is -3.06. The minimum absolute atomic E-state index is 0.00104. The van der Waals surface area contributed by atoms with Gasteiger partial charge in [-0.2, -0.15) is 0 Å². The van der Waals surface area contributed by atoms with Crippen LogP contribution in [0.25, 0.3) is 6.08 Å². The van der Waals surface area contributed by atoms with Crippen molar-refractivity contribution >= 4 is 39.6 Å². The summed E-state index contributed by atoms with van der Waals surface area (Å²) in [6.07, 6.45) is 1.51. The summed E-state index contributed by atoms with van der Waals surface area (Å²) in [6, 6.07) is 11.9. The number of carbonyl (C=O) groups is 2. The minimum atomic E-state index is -0.586. The van der Waals surface area contributed by atoms with Crippen molar-refractivity contribution < 1.29 is 24.2 Å². The van der Waals surface area contributed by atoms with E-state index in [-0.39, 0.29) is 29.4 Å². The van der Waals surface area contributed by atoms with Gasteiger partial charge in [-0.05, 0) is 69.3 Å². The van der Waals surface area contributed by atoms with Gasteiger partial charge in [0, 0.05) is 21.4 Å². The number of benzene rings is 2. The van der Waals surface area contributed by atoms with E-state index in [9.17, 15) is 14.7 Å². The Morgan fingerprint density at radius 2 is 1.83 bits per heavy atom. The molecule has 0 aliphatic carbocycles. The fourth-order valence-corrected chi connectivity index (χ4v) is 3.63. The number of rotatable bonds is 6. The molecular formula is C23H22BrNO5. The molecule has 3 rings (SSSR count). The van der Waals surface area contributed by atoms with E-state index in [1.807, 2.05) is 6.92 Å². The number of carbonyl (C=O) groups excluding carboxylic acids is 2. The highest BCUT2D eigenvalue weighted by Gasteiger charge is 2.38. The largest absolute Gasteiger partial charge is 0.507 e. The predicted octanol–water partition coefficient (Wildman–Crippen LogP) is 4.82. The zero-order valence-corrected chi connectivity index (χ0v) is 18.5. The molecule has 0 aromatic heterocycles. The van der Waals surface area contributed by atoms with E-state index >= 15 is 0 Å². The van der Waals surface area contributed by atoms with Crippen molar-refractivity contribution in [2.75, 3.05) is 18.1 Å². The standard InChI is InChI=1S/C23H22BrNO5/c1-4-29-18-9-7-17(8-10-18)25-14(3)21(23(28)30-5-2)19(22(25)27)13-15-12-16(24)6-11-20(15)26/h6-13,26H,4-5H2,1-3H3/b19-13-. The number of phenolic OH excluding ortho intramolecular Hbond substituents is 1. The van der Waals surface area contributed by atoms with Crippen LogP contribution in [0.4, 0.5) is 5.69 Å². The van der Waals surface area contributed by atoms with Crippen LogP contribution in [-0.2, 0) is 14.3 Å². The first kappa shape index (κ1) is 21.6. The molecule has 1 N–H and O–H groups in total. The molecule has 0 atom stereocenters. The number of nitrogens with zero attached hydrogens (tertiary/aromatic N) is 1. The number of phenols is 1. The number of ether oxygens (including phenoxy) is 2. The molecule has 0 saturated carbocycles. The summed E-state index contributed by atoms with van der Waals surface area (Å²) in [5.74, 6) is -0.273. The second kappa shape index (κ2) is 9.17. The fourth-order valence-electron chi connectivity index (χ4n) is 3.25. The highest BCUT2D eigenvalue weighted by Crippen LogP contribution is 2.37. The number of anilines is 1. The van der Waals surface area contributed by atoms with Gasteiger partial charge < -0.3 is 14.6 Å². The molecule has 156 valence electrons. The molecule has 0 fully saturated rings. The first-order chi connectivity index (χ1) is 14.4. The van der Waals surface area contributed by atoms with Crippen LogP contribution in [0, 0.1) is 0 Å². The fraction of sp³-hybridized carbons (Fsp3) is 0.217. The smallest absolute Gasteiger partial charge is 0.340 e. The third-order valence-electron chi connectivity index (χ3n) is 4.57. The van der Waals surface area contributed by atoms with Crippen molar-refractivity contribution in [1.82, 2.24) is 0 Å². The summed E-state index contributed by atoms with van der Waals surface area (Å²) < 4.78 is 11.4. The SMILES string of the molecule is CCOC(=O)C1=C(C)N(c2ccc(OCC)cc2)C(=O)/C1=C\c1cc(Br)ccc1O. The molecule has 6 nitrogen and oxygen atoms in total. The summed E-state index contributed by atoms with van der Waals surface area (Å²) >= 11 is 3.36. The maximum absolute atomic E-state index is 13.3. The number of hydrogen-bond donors (Lipinski definition) is 1. The van der Waals surface area contributed by atoms with Gasteiger partial charge >= 0.3 is 5.97 Å². The first-order valence-electron chi connectivity index (χ1n) is 9.53. The lowest BCUT2D eigenvalue weighted by Crippen LogP contribution is -2.24. The van der Waals surface area contributed by atoms with Gasteiger partial charge in [-0.15, -0.1) is 0 Å². The van der Waals surface area contributed by atoms with Crippen molar-refractivity contribution in [1.29, 1.82) is 0 Å². The minimum Gasteiger partial charge on any atom is -0.507 e. The van der Waals surface area contributed by atoms with Crippen molar-refractivity contribution in [3.63, 3.8) is 0 Å². The second-order valence-corrected chi connectivity index (χ2v) is 7.43. The highest BCUT2D eigenvalue weighted by molar-refractivity contribution is 9.10. The Balaban J connectivity index is 2.10. The lowest BCUT2D eigenvalue weighted by Gasteiger charge is -2.18. The average molecular weight is 472 g/mol. The van der Waals surface area contributed by atoms with Gasteiger partial charge in [0.2, 0.25) is 0 Å². The monoisotopic (exact) mass is 471 g/mol. The zero-order chi connectivity index (χ0) is 21.8. The number of esters is 1. The second-order valence-electron chi connectivity index (χ2n) is 6.51. The van der Waals surface area contributed by atoms with Crippen LogP contribution in [0.5, 0.6) is 11.5 Å². The maximum atomic E-state index is 13.3. The van der Waals surface area contributed by atoms with Gasteiger partial charge in [0.1, 0.15) is 11.5 Å². The van der Waals surface area contributed by atoms with Crippen molar-refractivity contribution in [2.45, 2.75) is 20.8 Å². The molecule has 1 aliphatic rings. The van der Waals surface area contributed by atoms with Gasteiger partial charge in [-0.25, -0.2) is 4.79 Å². The molecule has 2 aromatic rings. The molecule has 0 spiro atoms. The van der Waals surface area contributed by atoms with E-state index < -0.39 is 5.97 Å². The van der Waals surface area contributed by atoms with E-state index in [4.69, 9.17) is 9.47 Å². The van der Waals surface area contributed by atoms with Crippen molar-refractivity contribution in [3.8, 4) is 11.5 Å². The number of halogens is 1. The van der Waals surface area contributed by atoms with E-state index in [0.717, 1.165) is 4.47 Å². The first-order valence-corrected chi connectivity index (χ1v) is 10.3. The zero-order valence-electron chi connectivity index (χ0n) is 16.9. The van der Waals surface area contributed by atoms with Crippen molar-refractivity contribution in [3.05, 3.63) is 69.3 Å². The summed E-state index contributed by atoms with van der Waals surface area (Å²) in [5.41, 5.74) is 1.81. The molecular weight excluding hydrogens is 450 g/mol. The van der Waals surface area contributed by atoms with Gasteiger partial charge in [-0.3, -0.25) is 9.69 Å². The van der Waals surface area contributed by atoms with Crippen LogP contribution in [-0.4, -0.2) is 30.2 Å². The third kappa shape index (κ3) is 4.26. The van der Waals surface area contributed by atoms with Gasteiger partial charge in [-0.1, -0.05) is 15.9 Å². The van der Waals surface area contributed by atoms with Crippen LogP contribution in [0.15, 0.2) is 63.8 Å². The Morgan fingerprint density at radius 1 is 1.13 bits per heavy atom. The molecule has 30 heavy (non-hydrogen) atoms. The number of aromatic hydroxyl groups is 1. The van der Waals surface area contributed by atoms with E-state index in [0.29, 0.717) is 29.3 Å². The van der Waals surface area contributed by atoms with E-state index in [1.54, 1.807) is 50.2 Å². The Labute approximate surface area is 183 Å². The Kier molecular flexibility index (Phi) is 6.62. The molecule has 1 amide bonds. The van der Waals surface area contributed by atoms with Crippen LogP contribution in [0.3, 0.4) is 0 Å². The van der Waals surface area contributed by atoms with Crippen LogP contribution >= 0.6 is 15.9 Å². The summed E-state index contributed by atoms with van der Waals surface area (Å²) in [5, 5.41) is 10.2. The average Bonchev–Trinajstić information content (AvgIpc) is 2.96. The lowest BCUT2D eigenvalue weighted by molar-refractivity contribution is -0.138. The van der Waals surface area contributed by atoms with Crippen molar-refractivity contribution in [2.24, 2.45) is 0 Å². The maximum Gasteiger partial charge on any atom is 0.340 e. The quantitative estimate of drug-likeness (QED) is 0.482. The normalized spacial score (nSPS) is 15.1. The van der Waals surface area contributed by atoms with Gasteiger partial charge in [0.05, 0.1) is 24.4 Å². The molecule has 7 heteroatoms. The molecule has 0 bridgehead atoms. The topological polar surface area (TPSA) is 76.1 Å². The summed E-state index contributed by atoms with van der Waals surface area (Å²) in [4.78, 5) is 27.5. The summed E-state index contributed by atoms with van der Waals surface area (Å²) in [6.45, 7) is 6.02. The molecule has 0 radical (unpaired) electrons. The number of amides is 1. The Morgan fingerprint density at radius 3 is 2.47 bits per heavy atom. The molecule has 0 saturated heterocycles. The molecule has 1 heterocycles. The highest BCUT2D eigenvalue weighted by atomic mass is 79.9. The van der Waals surface area contributed by atoms with Gasteiger partial charge in [0.25, 0.3) is 5.91 Å². The number of allylic oxidation sites excluding steroid dienone is 1. The number of hydrogen-bond acceptors (Lipinski definition) is 5. The molecule has 2 aromatic carbocycles. The molecule has 0 unspecified atom stereocenters. The van der Waals surface area contributed by atoms with E-state index in [2.05, 4.69) is 15.9 Å². The van der Waals surface area contributed by atoms with E-state index in [1.165, 1.54) is 17.0 Å². The van der Waals surface area contributed by atoms with Crippen LogP contribution < -0.4 is 9.64 Å². The third-order valence-corrected chi connectivity index (χ3v) is 5.07. The predicted molar refractivity (Wildman–Crippen MR) is 118 cm³/mol.